The molecule has 0 bridgehead atoms. The molecule has 0 aliphatic carbocycles. The molecule has 0 aliphatic heterocycles. The van der Waals surface area contributed by atoms with Gasteiger partial charge in [-0.1, -0.05) is 13.0 Å². The molecule has 4 atom stereocenters. The lowest BCUT2D eigenvalue weighted by molar-refractivity contribution is 0.196. The largest absolute Gasteiger partial charge is 0.392 e. The highest BCUT2D eigenvalue weighted by Gasteiger charge is 2.22. The van der Waals surface area contributed by atoms with E-state index >= 15 is 0 Å². The monoisotopic (exact) mass is 245 g/mol. The lowest BCUT2D eigenvalue weighted by Crippen LogP contribution is -2.26. The van der Waals surface area contributed by atoms with Crippen LogP contribution >= 0.6 is 23.1 Å². The van der Waals surface area contributed by atoms with Crippen molar-refractivity contribution >= 4 is 23.1 Å². The number of thiophene rings is 1. The fourth-order valence-corrected chi connectivity index (χ4v) is 3.55. The molecule has 0 fully saturated rings. The Hall–Kier alpha value is -0.0300. The van der Waals surface area contributed by atoms with Crippen LogP contribution in [0.5, 0.6) is 0 Å². The molecule has 0 spiro atoms. The predicted octanol–water partition coefficient (Wildman–Crippen LogP) is 2.64. The van der Waals surface area contributed by atoms with E-state index in [1.54, 1.807) is 23.1 Å². The van der Waals surface area contributed by atoms with Crippen LogP contribution in [0.3, 0.4) is 0 Å². The molecule has 0 aliphatic rings. The summed E-state index contributed by atoms with van der Waals surface area (Å²) in [6, 6.07) is 4.26. The van der Waals surface area contributed by atoms with Crippen molar-refractivity contribution in [3.63, 3.8) is 0 Å². The number of aliphatic hydroxyl groups excluding tert-OH is 1. The summed E-state index contributed by atoms with van der Waals surface area (Å²) >= 11 is 3.48. The standard InChI is InChI=1S/C11H19NOS2/c1-7(12)11(10-5-4-6-14-10)15-9(3)8(2)13/h4-9,11,13H,12H2,1-3H3. The molecule has 4 heteroatoms. The second-order valence-electron chi connectivity index (χ2n) is 3.88. The minimum Gasteiger partial charge on any atom is -0.392 e. The van der Waals surface area contributed by atoms with Crippen molar-refractivity contribution < 1.29 is 5.11 Å². The van der Waals surface area contributed by atoms with Crippen LogP contribution < -0.4 is 5.73 Å². The van der Waals surface area contributed by atoms with Gasteiger partial charge >= 0.3 is 0 Å². The Kier molecular flexibility index (Phi) is 5.12. The second-order valence-corrected chi connectivity index (χ2v) is 6.38. The van der Waals surface area contributed by atoms with Crippen molar-refractivity contribution in [3.8, 4) is 0 Å². The molecule has 4 unspecified atom stereocenters. The number of aliphatic hydroxyl groups is 1. The van der Waals surface area contributed by atoms with Gasteiger partial charge in [-0.3, -0.25) is 0 Å². The van der Waals surface area contributed by atoms with Crippen LogP contribution in [0.1, 0.15) is 30.9 Å². The van der Waals surface area contributed by atoms with Crippen LogP contribution in [0.4, 0.5) is 0 Å². The molecule has 86 valence electrons. The van der Waals surface area contributed by atoms with E-state index in [1.165, 1.54) is 4.88 Å². The quantitative estimate of drug-likeness (QED) is 0.838. The minimum absolute atomic E-state index is 0.106. The Bertz CT molecular complexity index is 272. The van der Waals surface area contributed by atoms with Gasteiger partial charge in [0.25, 0.3) is 0 Å². The van der Waals surface area contributed by atoms with Crippen LogP contribution in [-0.2, 0) is 0 Å². The summed E-state index contributed by atoms with van der Waals surface area (Å²) in [5.41, 5.74) is 5.98. The lowest BCUT2D eigenvalue weighted by Gasteiger charge is -2.24. The van der Waals surface area contributed by atoms with Crippen molar-refractivity contribution in [2.24, 2.45) is 5.73 Å². The van der Waals surface area contributed by atoms with Gasteiger partial charge in [0.15, 0.2) is 0 Å². The van der Waals surface area contributed by atoms with E-state index in [2.05, 4.69) is 11.4 Å². The molecule has 0 saturated heterocycles. The van der Waals surface area contributed by atoms with Crippen molar-refractivity contribution in [2.45, 2.75) is 43.4 Å². The molecule has 1 rings (SSSR count). The van der Waals surface area contributed by atoms with E-state index in [-0.39, 0.29) is 22.6 Å². The number of rotatable bonds is 5. The molecule has 2 nitrogen and oxygen atoms in total. The summed E-state index contributed by atoms with van der Waals surface area (Å²) in [4.78, 5) is 1.29. The highest BCUT2D eigenvalue weighted by atomic mass is 32.2. The summed E-state index contributed by atoms with van der Waals surface area (Å²) in [6.07, 6.45) is -0.295. The highest BCUT2D eigenvalue weighted by Crippen LogP contribution is 2.37. The van der Waals surface area contributed by atoms with Gasteiger partial charge < -0.3 is 10.8 Å². The van der Waals surface area contributed by atoms with Gasteiger partial charge in [0.05, 0.1) is 11.4 Å². The zero-order chi connectivity index (χ0) is 11.4. The summed E-state index contributed by atoms with van der Waals surface area (Å²) in [5.74, 6) is 0. The van der Waals surface area contributed by atoms with E-state index in [4.69, 9.17) is 5.73 Å². The Morgan fingerprint density at radius 1 is 1.40 bits per heavy atom. The van der Waals surface area contributed by atoms with Gasteiger partial charge in [-0.2, -0.15) is 0 Å². The first-order chi connectivity index (χ1) is 7.02. The van der Waals surface area contributed by atoms with Crippen molar-refractivity contribution in [1.82, 2.24) is 0 Å². The maximum Gasteiger partial charge on any atom is 0.0628 e. The summed E-state index contributed by atoms with van der Waals surface area (Å²) in [5, 5.41) is 12.1. The highest BCUT2D eigenvalue weighted by molar-refractivity contribution is 8.00. The van der Waals surface area contributed by atoms with Gasteiger partial charge in [0.2, 0.25) is 0 Å². The molecular weight excluding hydrogens is 226 g/mol. The Morgan fingerprint density at radius 2 is 2.07 bits per heavy atom. The summed E-state index contributed by atoms with van der Waals surface area (Å²) in [7, 11) is 0. The molecule has 1 aromatic rings. The fourth-order valence-electron chi connectivity index (χ4n) is 1.25. The third-order valence-electron chi connectivity index (χ3n) is 2.34. The average Bonchev–Trinajstić information content (AvgIpc) is 2.65. The van der Waals surface area contributed by atoms with Crippen molar-refractivity contribution in [2.75, 3.05) is 0 Å². The number of hydrogen-bond acceptors (Lipinski definition) is 4. The van der Waals surface area contributed by atoms with Gasteiger partial charge in [0.1, 0.15) is 0 Å². The van der Waals surface area contributed by atoms with E-state index in [0.29, 0.717) is 0 Å². The first-order valence-corrected chi connectivity index (χ1v) is 6.97. The summed E-state index contributed by atoms with van der Waals surface area (Å²) in [6.45, 7) is 5.88. The van der Waals surface area contributed by atoms with Crippen LogP contribution in [-0.4, -0.2) is 22.5 Å². The first kappa shape index (κ1) is 13.0. The summed E-state index contributed by atoms with van der Waals surface area (Å²) < 4.78 is 0. The average molecular weight is 245 g/mol. The molecule has 1 aromatic heterocycles. The number of thioether (sulfide) groups is 1. The molecule has 1 heterocycles. The van der Waals surface area contributed by atoms with Crippen molar-refractivity contribution in [1.29, 1.82) is 0 Å². The van der Waals surface area contributed by atoms with Gasteiger partial charge in [-0.05, 0) is 25.3 Å². The SMILES string of the molecule is CC(N)C(SC(C)C(C)O)c1cccs1. The molecule has 15 heavy (non-hydrogen) atoms. The van der Waals surface area contributed by atoms with Gasteiger partial charge in [-0.25, -0.2) is 0 Å². The molecule has 0 saturated carbocycles. The topological polar surface area (TPSA) is 46.2 Å². The Balaban J connectivity index is 2.68. The number of hydrogen-bond donors (Lipinski definition) is 2. The Morgan fingerprint density at radius 3 is 2.47 bits per heavy atom. The maximum atomic E-state index is 9.49. The first-order valence-electron chi connectivity index (χ1n) is 5.15. The number of nitrogens with two attached hydrogens (primary N) is 1. The van der Waals surface area contributed by atoms with E-state index in [1.807, 2.05) is 26.8 Å². The second kappa shape index (κ2) is 5.89. The molecule has 0 aromatic carbocycles. The van der Waals surface area contributed by atoms with Crippen LogP contribution in [0.2, 0.25) is 0 Å². The van der Waals surface area contributed by atoms with Gasteiger partial charge in [0, 0.05) is 16.2 Å². The molecule has 0 radical (unpaired) electrons. The third-order valence-corrected chi connectivity index (χ3v) is 5.25. The van der Waals surface area contributed by atoms with E-state index < -0.39 is 0 Å². The van der Waals surface area contributed by atoms with Crippen molar-refractivity contribution in [3.05, 3.63) is 22.4 Å². The van der Waals surface area contributed by atoms with Gasteiger partial charge in [-0.15, -0.1) is 23.1 Å². The zero-order valence-corrected chi connectivity index (χ0v) is 11.0. The normalized spacial score (nSPS) is 19.5. The molecular formula is C11H19NOS2. The van der Waals surface area contributed by atoms with E-state index in [9.17, 15) is 5.11 Å². The van der Waals surface area contributed by atoms with Crippen LogP contribution in [0.15, 0.2) is 17.5 Å². The minimum atomic E-state index is -0.295. The fraction of sp³-hybridized carbons (Fsp3) is 0.636. The molecule has 0 amide bonds. The smallest absolute Gasteiger partial charge is 0.0628 e. The molecule has 3 N–H and O–H groups in total. The van der Waals surface area contributed by atoms with E-state index in [0.717, 1.165) is 0 Å². The van der Waals surface area contributed by atoms with Crippen LogP contribution in [0, 0.1) is 0 Å². The van der Waals surface area contributed by atoms with Crippen LogP contribution in [0.25, 0.3) is 0 Å². The predicted molar refractivity (Wildman–Crippen MR) is 69.4 cm³/mol. The third kappa shape index (κ3) is 3.79. The lowest BCUT2D eigenvalue weighted by atomic mass is 10.2. The maximum absolute atomic E-state index is 9.49. The zero-order valence-electron chi connectivity index (χ0n) is 9.38. The Labute approximate surface area is 99.9 Å².